The molecule has 0 atom stereocenters. The van der Waals surface area contributed by atoms with Crippen LogP contribution < -0.4 is 10.5 Å². The summed E-state index contributed by atoms with van der Waals surface area (Å²) < 4.78 is 24.3. The van der Waals surface area contributed by atoms with Crippen LogP contribution in [0.4, 0.5) is 5.00 Å². The van der Waals surface area contributed by atoms with Gasteiger partial charge in [0.2, 0.25) is 10.0 Å². The van der Waals surface area contributed by atoms with Crippen molar-refractivity contribution in [2.75, 3.05) is 9.38 Å². The molecule has 0 bridgehead atoms. The largest absolute Gasteiger partial charge is 0.366 e. The highest BCUT2D eigenvalue weighted by atomic mass is 79.9. The van der Waals surface area contributed by atoms with Gasteiger partial charge < -0.3 is 5.73 Å². The molecule has 0 unspecified atom stereocenters. The molecule has 1 heterocycles. The highest BCUT2D eigenvalue weighted by Gasteiger charge is 2.15. The highest BCUT2D eigenvalue weighted by Crippen LogP contribution is 2.24. The minimum absolute atomic E-state index is 0.180. The Morgan fingerprint density at radius 2 is 2.29 bits per heavy atom. The van der Waals surface area contributed by atoms with Gasteiger partial charge in [-0.15, -0.1) is 11.3 Å². The molecular formula is C6H7BrN2O3S2. The highest BCUT2D eigenvalue weighted by molar-refractivity contribution is 9.10. The Labute approximate surface area is 93.5 Å². The number of hydrogen-bond donors (Lipinski definition) is 2. The van der Waals surface area contributed by atoms with Crippen LogP contribution in [0, 0.1) is 0 Å². The number of primary amides is 1. The number of nitrogens with one attached hydrogen (secondary N) is 1. The van der Waals surface area contributed by atoms with Crippen LogP contribution in [0.15, 0.2) is 11.4 Å². The van der Waals surface area contributed by atoms with Gasteiger partial charge in [-0.1, -0.05) is 15.9 Å². The van der Waals surface area contributed by atoms with Crippen molar-refractivity contribution in [1.29, 1.82) is 0 Å². The van der Waals surface area contributed by atoms with Gasteiger partial charge in [-0.25, -0.2) is 8.42 Å². The molecule has 0 saturated heterocycles. The Balaban J connectivity index is 2.98. The molecule has 3 N–H and O–H groups in total. The number of anilines is 1. The van der Waals surface area contributed by atoms with E-state index in [1.165, 1.54) is 6.07 Å². The number of carbonyl (C=O) groups is 1. The zero-order valence-electron chi connectivity index (χ0n) is 6.86. The predicted molar refractivity (Wildman–Crippen MR) is 59.2 cm³/mol. The average Bonchev–Trinajstić information content (AvgIpc) is 2.51. The monoisotopic (exact) mass is 298 g/mol. The molecule has 1 aromatic heterocycles. The number of sulfonamides is 1. The van der Waals surface area contributed by atoms with E-state index in [1.807, 2.05) is 0 Å². The molecule has 1 amide bonds. The summed E-state index contributed by atoms with van der Waals surface area (Å²) in [5.74, 6) is -0.654. The fourth-order valence-electron chi connectivity index (χ4n) is 0.751. The fourth-order valence-corrected chi connectivity index (χ4v) is 2.75. The average molecular weight is 299 g/mol. The van der Waals surface area contributed by atoms with Gasteiger partial charge in [0.25, 0.3) is 5.91 Å². The third kappa shape index (κ3) is 2.69. The number of alkyl halides is 1. The fraction of sp³-hybridized carbons (Fsp3) is 0.167. The molecule has 1 aromatic rings. The summed E-state index contributed by atoms with van der Waals surface area (Å²) in [6.07, 6.45) is 0. The van der Waals surface area contributed by atoms with Gasteiger partial charge in [-0.3, -0.25) is 9.52 Å². The second-order valence-electron chi connectivity index (χ2n) is 2.35. The Hall–Kier alpha value is -0.600. The van der Waals surface area contributed by atoms with Crippen LogP contribution in [-0.4, -0.2) is 19.0 Å². The van der Waals surface area contributed by atoms with E-state index in [0.717, 1.165) is 11.3 Å². The number of nitrogens with two attached hydrogens (primary N) is 1. The summed E-state index contributed by atoms with van der Waals surface area (Å²) in [5.41, 5.74) is 5.22. The number of hydrogen-bond acceptors (Lipinski definition) is 4. The molecule has 0 aliphatic heterocycles. The Bertz CT molecular complexity index is 440. The summed E-state index contributed by atoms with van der Waals surface area (Å²) >= 11 is 3.92. The summed E-state index contributed by atoms with van der Waals surface area (Å²) in [6.45, 7) is 0. The lowest BCUT2D eigenvalue weighted by atomic mass is 10.3. The van der Waals surface area contributed by atoms with Crippen molar-refractivity contribution < 1.29 is 13.2 Å². The molecule has 8 heteroatoms. The number of halogens is 1. The molecule has 14 heavy (non-hydrogen) atoms. The summed E-state index contributed by atoms with van der Waals surface area (Å²) in [6, 6.07) is 1.47. The van der Waals surface area contributed by atoms with Crippen LogP contribution in [0.1, 0.15) is 10.4 Å². The van der Waals surface area contributed by atoms with Crippen LogP contribution in [0.25, 0.3) is 0 Å². The maximum atomic E-state index is 11.1. The number of amides is 1. The standard InChI is InChI=1S/C6H7BrN2O3S2/c7-3-14(11,12)9-6-4(5(8)10)1-2-13-6/h1-2,9H,3H2,(H2,8,10). The first kappa shape index (κ1) is 11.5. The zero-order valence-corrected chi connectivity index (χ0v) is 10.1. The quantitative estimate of drug-likeness (QED) is 0.811. The lowest BCUT2D eigenvalue weighted by Gasteiger charge is -2.03. The van der Waals surface area contributed by atoms with Gasteiger partial charge in [0.15, 0.2) is 0 Å². The minimum atomic E-state index is -3.43. The molecule has 0 aliphatic carbocycles. The van der Waals surface area contributed by atoms with Crippen molar-refractivity contribution in [3.8, 4) is 0 Å². The first-order chi connectivity index (χ1) is 6.46. The molecule has 5 nitrogen and oxygen atoms in total. The zero-order chi connectivity index (χ0) is 10.8. The third-order valence-electron chi connectivity index (χ3n) is 1.32. The van der Waals surface area contributed by atoms with E-state index in [4.69, 9.17) is 5.73 Å². The maximum absolute atomic E-state index is 11.1. The lowest BCUT2D eigenvalue weighted by Crippen LogP contribution is -2.17. The van der Waals surface area contributed by atoms with Crippen molar-refractivity contribution in [2.45, 2.75) is 0 Å². The van der Waals surface area contributed by atoms with E-state index >= 15 is 0 Å². The smallest absolute Gasteiger partial charge is 0.251 e. The van der Waals surface area contributed by atoms with Gasteiger partial charge in [-0.2, -0.15) is 0 Å². The number of thiophene rings is 1. The second-order valence-corrected chi connectivity index (χ2v) is 6.30. The van der Waals surface area contributed by atoms with Gasteiger partial charge in [0.05, 0.1) is 5.56 Å². The van der Waals surface area contributed by atoms with Gasteiger partial charge >= 0.3 is 0 Å². The van der Waals surface area contributed by atoms with Crippen molar-refractivity contribution in [3.63, 3.8) is 0 Å². The normalized spacial score (nSPS) is 11.2. The first-order valence-electron chi connectivity index (χ1n) is 3.40. The van der Waals surface area contributed by atoms with Gasteiger partial charge in [0, 0.05) is 0 Å². The molecule has 0 saturated carbocycles. The van der Waals surface area contributed by atoms with Crippen LogP contribution in [0.3, 0.4) is 0 Å². The molecule has 0 aliphatic rings. The lowest BCUT2D eigenvalue weighted by molar-refractivity contribution is 0.100. The van der Waals surface area contributed by atoms with Crippen LogP contribution in [0.5, 0.6) is 0 Å². The van der Waals surface area contributed by atoms with Crippen molar-refractivity contribution in [1.82, 2.24) is 0 Å². The van der Waals surface area contributed by atoms with E-state index in [1.54, 1.807) is 5.38 Å². The minimum Gasteiger partial charge on any atom is -0.366 e. The van der Waals surface area contributed by atoms with E-state index in [-0.39, 0.29) is 15.2 Å². The molecule has 1 rings (SSSR count). The van der Waals surface area contributed by atoms with E-state index in [9.17, 15) is 13.2 Å². The Kier molecular flexibility index (Phi) is 3.51. The molecule has 0 fully saturated rings. The second kappa shape index (κ2) is 4.28. The molecule has 0 radical (unpaired) electrons. The van der Waals surface area contributed by atoms with E-state index < -0.39 is 15.9 Å². The third-order valence-corrected chi connectivity index (χ3v) is 4.89. The van der Waals surface area contributed by atoms with Gasteiger partial charge in [0.1, 0.15) is 9.66 Å². The summed E-state index contributed by atoms with van der Waals surface area (Å²) in [4.78, 5) is 10.8. The SMILES string of the molecule is NC(=O)c1ccsc1NS(=O)(=O)CBr. The van der Waals surface area contributed by atoms with Crippen LogP contribution >= 0.6 is 27.3 Å². The molecule has 0 spiro atoms. The summed E-state index contributed by atoms with van der Waals surface area (Å²) in [7, 11) is -3.43. The number of carbonyl (C=O) groups excluding carboxylic acids is 1. The summed E-state index contributed by atoms with van der Waals surface area (Å²) in [5, 5.41) is 1.84. The topological polar surface area (TPSA) is 89.3 Å². The van der Waals surface area contributed by atoms with Crippen LogP contribution in [-0.2, 0) is 10.0 Å². The van der Waals surface area contributed by atoms with E-state index in [0.29, 0.717) is 0 Å². The Morgan fingerprint density at radius 1 is 1.64 bits per heavy atom. The molecule has 0 aromatic carbocycles. The van der Waals surface area contributed by atoms with Crippen molar-refractivity contribution in [2.24, 2.45) is 5.73 Å². The number of rotatable bonds is 4. The van der Waals surface area contributed by atoms with Crippen molar-refractivity contribution >= 4 is 48.2 Å². The predicted octanol–water partition coefficient (Wildman–Crippen LogP) is 0.941. The van der Waals surface area contributed by atoms with Crippen LogP contribution in [0.2, 0.25) is 0 Å². The molecular weight excluding hydrogens is 292 g/mol. The van der Waals surface area contributed by atoms with E-state index in [2.05, 4.69) is 20.7 Å². The maximum Gasteiger partial charge on any atom is 0.251 e. The van der Waals surface area contributed by atoms with Gasteiger partial charge in [-0.05, 0) is 11.4 Å². The first-order valence-corrected chi connectivity index (χ1v) is 7.05. The Morgan fingerprint density at radius 3 is 2.79 bits per heavy atom. The van der Waals surface area contributed by atoms with Crippen molar-refractivity contribution in [3.05, 3.63) is 17.0 Å². The molecule has 78 valence electrons.